The molecule has 0 bridgehead atoms. The third-order valence-electron chi connectivity index (χ3n) is 3.24. The van der Waals surface area contributed by atoms with Crippen LogP contribution < -0.4 is 5.32 Å². The van der Waals surface area contributed by atoms with Gasteiger partial charge in [-0.1, -0.05) is 38.5 Å². The van der Waals surface area contributed by atoms with E-state index in [2.05, 4.69) is 31.1 Å². The van der Waals surface area contributed by atoms with Gasteiger partial charge in [0.2, 0.25) is 0 Å². The second kappa shape index (κ2) is 7.98. The maximum atomic E-state index is 5.49. The Morgan fingerprint density at radius 2 is 2.12 bits per heavy atom. The van der Waals surface area contributed by atoms with Crippen LogP contribution in [0.2, 0.25) is 0 Å². The molecule has 0 aromatic carbocycles. The van der Waals surface area contributed by atoms with Gasteiger partial charge in [0.05, 0.1) is 12.6 Å². The lowest BCUT2D eigenvalue weighted by atomic mass is 9.99. The van der Waals surface area contributed by atoms with Crippen LogP contribution in [0.5, 0.6) is 0 Å². The SMILES string of the molecule is CCOC(C)CNC1=NCC(C(CC)CC)S1. The van der Waals surface area contributed by atoms with Crippen LogP contribution in [-0.4, -0.2) is 36.2 Å². The quantitative estimate of drug-likeness (QED) is 0.762. The monoisotopic (exact) mass is 258 g/mol. The minimum atomic E-state index is 0.260. The molecule has 1 N–H and O–H groups in total. The zero-order chi connectivity index (χ0) is 12.7. The van der Waals surface area contributed by atoms with Crippen molar-refractivity contribution >= 4 is 16.9 Å². The summed E-state index contributed by atoms with van der Waals surface area (Å²) < 4.78 is 5.49. The van der Waals surface area contributed by atoms with E-state index in [-0.39, 0.29) is 6.10 Å². The number of rotatable bonds is 7. The van der Waals surface area contributed by atoms with Crippen molar-refractivity contribution in [3.05, 3.63) is 0 Å². The fourth-order valence-corrected chi connectivity index (χ4v) is 3.45. The Kier molecular flexibility index (Phi) is 6.97. The van der Waals surface area contributed by atoms with Crippen LogP contribution in [0.3, 0.4) is 0 Å². The molecular formula is C13H26N2OS. The van der Waals surface area contributed by atoms with Gasteiger partial charge in [0, 0.05) is 18.4 Å². The second-order valence-electron chi connectivity index (χ2n) is 4.53. The summed E-state index contributed by atoms with van der Waals surface area (Å²) in [6.07, 6.45) is 2.77. The first-order valence-electron chi connectivity index (χ1n) is 6.77. The molecule has 2 atom stereocenters. The summed E-state index contributed by atoms with van der Waals surface area (Å²) in [6, 6.07) is 0. The predicted octanol–water partition coefficient (Wildman–Crippen LogP) is 2.91. The molecule has 100 valence electrons. The van der Waals surface area contributed by atoms with Gasteiger partial charge in [0.1, 0.15) is 0 Å². The maximum absolute atomic E-state index is 5.49. The fraction of sp³-hybridized carbons (Fsp3) is 0.923. The number of nitrogens with zero attached hydrogens (tertiary/aromatic N) is 1. The van der Waals surface area contributed by atoms with Crippen molar-refractivity contribution < 1.29 is 4.74 Å². The highest BCUT2D eigenvalue weighted by Gasteiger charge is 2.25. The normalized spacial score (nSPS) is 21.7. The van der Waals surface area contributed by atoms with Crippen molar-refractivity contribution in [3.8, 4) is 0 Å². The van der Waals surface area contributed by atoms with Crippen molar-refractivity contribution in [2.75, 3.05) is 19.7 Å². The van der Waals surface area contributed by atoms with Gasteiger partial charge in [-0.25, -0.2) is 0 Å². The first kappa shape index (κ1) is 14.8. The van der Waals surface area contributed by atoms with Crippen molar-refractivity contribution in [1.29, 1.82) is 0 Å². The molecule has 4 heteroatoms. The minimum absolute atomic E-state index is 0.260. The first-order chi connectivity index (χ1) is 8.21. The van der Waals surface area contributed by atoms with Crippen LogP contribution >= 0.6 is 11.8 Å². The van der Waals surface area contributed by atoms with Crippen LogP contribution in [0.25, 0.3) is 0 Å². The lowest BCUT2D eigenvalue weighted by Crippen LogP contribution is -2.30. The summed E-state index contributed by atoms with van der Waals surface area (Å²) in [7, 11) is 0. The molecule has 0 amide bonds. The molecule has 0 aromatic rings. The third kappa shape index (κ3) is 4.88. The number of thioether (sulfide) groups is 1. The average Bonchev–Trinajstić information content (AvgIpc) is 2.77. The summed E-state index contributed by atoms with van der Waals surface area (Å²) in [4.78, 5) is 4.58. The second-order valence-corrected chi connectivity index (χ2v) is 5.75. The Morgan fingerprint density at radius 3 is 2.71 bits per heavy atom. The molecule has 1 rings (SSSR count). The van der Waals surface area contributed by atoms with Crippen LogP contribution in [0.1, 0.15) is 40.5 Å². The van der Waals surface area contributed by atoms with Crippen molar-refractivity contribution in [3.63, 3.8) is 0 Å². The molecule has 0 fully saturated rings. The Hall–Kier alpha value is -0.220. The number of amidine groups is 1. The third-order valence-corrected chi connectivity index (χ3v) is 4.58. The molecule has 0 aromatic heterocycles. The van der Waals surface area contributed by atoms with Gasteiger partial charge in [0.15, 0.2) is 5.17 Å². The Morgan fingerprint density at radius 1 is 1.41 bits per heavy atom. The van der Waals surface area contributed by atoms with E-state index in [1.54, 1.807) is 0 Å². The van der Waals surface area contributed by atoms with Crippen LogP contribution in [-0.2, 0) is 4.74 Å². The number of hydrogen-bond donors (Lipinski definition) is 1. The largest absolute Gasteiger partial charge is 0.377 e. The van der Waals surface area contributed by atoms with Crippen LogP contribution in [0, 0.1) is 5.92 Å². The van der Waals surface area contributed by atoms with E-state index in [1.165, 1.54) is 12.8 Å². The molecule has 1 heterocycles. The Balaban J connectivity index is 2.25. The highest BCUT2D eigenvalue weighted by atomic mass is 32.2. The molecule has 0 aliphatic carbocycles. The van der Waals surface area contributed by atoms with E-state index < -0.39 is 0 Å². The van der Waals surface area contributed by atoms with Crippen LogP contribution in [0.15, 0.2) is 4.99 Å². The molecule has 1 aliphatic rings. The lowest BCUT2D eigenvalue weighted by molar-refractivity contribution is 0.0796. The highest BCUT2D eigenvalue weighted by molar-refractivity contribution is 8.14. The molecule has 0 saturated carbocycles. The zero-order valence-corrected chi connectivity index (χ0v) is 12.3. The minimum Gasteiger partial charge on any atom is -0.377 e. The molecule has 3 nitrogen and oxygen atoms in total. The van der Waals surface area contributed by atoms with Gasteiger partial charge in [-0.15, -0.1) is 0 Å². The van der Waals surface area contributed by atoms with Crippen molar-refractivity contribution in [2.45, 2.75) is 51.9 Å². The standard InChI is InChI=1S/C13H26N2OS/c1-5-11(6-2)12-9-15-13(17-12)14-8-10(4)16-7-3/h10-12H,5-9H2,1-4H3,(H,14,15). The molecule has 2 unspecified atom stereocenters. The van der Waals surface area contributed by atoms with E-state index in [0.717, 1.165) is 30.8 Å². The van der Waals surface area contributed by atoms with E-state index in [9.17, 15) is 0 Å². The van der Waals surface area contributed by atoms with E-state index >= 15 is 0 Å². The summed E-state index contributed by atoms with van der Waals surface area (Å²) >= 11 is 1.91. The van der Waals surface area contributed by atoms with Gasteiger partial charge in [0.25, 0.3) is 0 Å². The molecular weight excluding hydrogens is 232 g/mol. The lowest BCUT2D eigenvalue weighted by Gasteiger charge is -2.19. The molecule has 0 saturated heterocycles. The Bertz CT molecular complexity index is 242. The van der Waals surface area contributed by atoms with E-state index in [1.807, 2.05) is 18.7 Å². The fourth-order valence-electron chi connectivity index (χ4n) is 2.12. The summed E-state index contributed by atoms with van der Waals surface area (Å²) in [5.74, 6) is 0.798. The van der Waals surface area contributed by atoms with Gasteiger partial charge in [-0.05, 0) is 19.8 Å². The molecule has 0 spiro atoms. The van der Waals surface area contributed by atoms with Gasteiger partial charge >= 0.3 is 0 Å². The first-order valence-corrected chi connectivity index (χ1v) is 7.65. The number of aliphatic imine (C=N–C) groups is 1. The summed E-state index contributed by atoms with van der Waals surface area (Å²) in [5, 5.41) is 5.17. The number of nitrogens with one attached hydrogen (secondary N) is 1. The van der Waals surface area contributed by atoms with Gasteiger partial charge in [-0.3, -0.25) is 4.99 Å². The Labute approximate surface area is 110 Å². The molecule has 0 radical (unpaired) electrons. The highest BCUT2D eigenvalue weighted by Crippen LogP contribution is 2.30. The summed E-state index contributed by atoms with van der Waals surface area (Å²) in [6.45, 7) is 11.3. The van der Waals surface area contributed by atoms with E-state index in [4.69, 9.17) is 4.74 Å². The number of hydrogen-bond acceptors (Lipinski definition) is 4. The van der Waals surface area contributed by atoms with Gasteiger partial charge in [-0.2, -0.15) is 0 Å². The molecule has 1 aliphatic heterocycles. The topological polar surface area (TPSA) is 33.6 Å². The predicted molar refractivity (Wildman–Crippen MR) is 76.8 cm³/mol. The zero-order valence-electron chi connectivity index (χ0n) is 11.5. The summed E-state index contributed by atoms with van der Waals surface area (Å²) in [5.41, 5.74) is 0. The van der Waals surface area contributed by atoms with Gasteiger partial charge < -0.3 is 10.1 Å². The van der Waals surface area contributed by atoms with Crippen molar-refractivity contribution in [1.82, 2.24) is 5.32 Å². The maximum Gasteiger partial charge on any atom is 0.157 e. The average molecular weight is 258 g/mol. The molecule has 17 heavy (non-hydrogen) atoms. The van der Waals surface area contributed by atoms with Crippen LogP contribution in [0.4, 0.5) is 0 Å². The van der Waals surface area contributed by atoms with E-state index in [0.29, 0.717) is 5.25 Å². The smallest absolute Gasteiger partial charge is 0.157 e. The van der Waals surface area contributed by atoms with Crippen molar-refractivity contribution in [2.24, 2.45) is 10.9 Å². The number of ether oxygens (including phenoxy) is 1.